The van der Waals surface area contributed by atoms with Gasteiger partial charge in [0.2, 0.25) is 0 Å². The smallest absolute Gasteiger partial charge is 0.393 e. The summed E-state index contributed by atoms with van der Waals surface area (Å²) in [5, 5.41) is 2.64. The van der Waals surface area contributed by atoms with E-state index in [-0.39, 0.29) is 6.42 Å². The fourth-order valence-electron chi connectivity index (χ4n) is 2.22. The first-order valence-corrected chi connectivity index (χ1v) is 4.35. The summed E-state index contributed by atoms with van der Waals surface area (Å²) in [7, 11) is 1.23. The van der Waals surface area contributed by atoms with Gasteiger partial charge in [0.1, 0.15) is 6.04 Å². The molecule has 1 aliphatic carbocycles. The summed E-state index contributed by atoms with van der Waals surface area (Å²) in [6, 6.07) is -1.12. The third-order valence-corrected chi connectivity index (χ3v) is 2.93. The third kappa shape index (κ3) is 1.37. The molecule has 6 heteroatoms. The molecule has 1 aliphatic heterocycles. The molecule has 2 aliphatic rings. The highest BCUT2D eigenvalue weighted by molar-refractivity contribution is 5.76. The van der Waals surface area contributed by atoms with E-state index in [2.05, 4.69) is 10.1 Å². The molecule has 0 amide bonds. The summed E-state index contributed by atoms with van der Waals surface area (Å²) in [6.45, 7) is 0. The minimum atomic E-state index is -4.14. The van der Waals surface area contributed by atoms with Crippen LogP contribution in [0.1, 0.15) is 6.42 Å². The summed E-state index contributed by atoms with van der Waals surface area (Å²) >= 11 is 0. The van der Waals surface area contributed by atoms with Crippen molar-refractivity contribution in [3.05, 3.63) is 0 Å². The van der Waals surface area contributed by atoms with Crippen molar-refractivity contribution in [1.82, 2.24) is 5.32 Å². The summed E-state index contributed by atoms with van der Waals surface area (Å²) < 4.78 is 41.1. The van der Waals surface area contributed by atoms with Gasteiger partial charge < -0.3 is 10.1 Å². The number of fused-ring (bicyclic) bond motifs is 1. The Morgan fingerprint density at radius 1 is 1.50 bits per heavy atom. The van der Waals surface area contributed by atoms with Gasteiger partial charge in [-0.05, 0) is 12.3 Å². The van der Waals surface area contributed by atoms with Crippen LogP contribution in [0.2, 0.25) is 0 Å². The molecular weight excluding hydrogens is 199 g/mol. The van der Waals surface area contributed by atoms with E-state index in [1.165, 1.54) is 7.11 Å². The molecule has 3 nitrogen and oxygen atoms in total. The maximum atomic E-state index is 12.2. The summed E-state index contributed by atoms with van der Waals surface area (Å²) in [6.07, 6.45) is -3.90. The Kier molecular flexibility index (Phi) is 1.99. The lowest BCUT2D eigenvalue weighted by Crippen LogP contribution is -2.38. The van der Waals surface area contributed by atoms with E-state index in [0.29, 0.717) is 0 Å². The second kappa shape index (κ2) is 2.85. The van der Waals surface area contributed by atoms with Crippen molar-refractivity contribution in [2.24, 2.45) is 11.8 Å². The molecule has 1 unspecified atom stereocenters. The normalized spacial score (nSPS) is 40.6. The zero-order valence-corrected chi connectivity index (χ0v) is 7.47. The van der Waals surface area contributed by atoms with Gasteiger partial charge in [-0.2, -0.15) is 13.2 Å². The number of methoxy groups -OCH3 is 1. The Labute approximate surface area is 78.6 Å². The molecule has 14 heavy (non-hydrogen) atoms. The maximum absolute atomic E-state index is 12.2. The molecule has 0 aromatic carbocycles. The average molecular weight is 209 g/mol. The van der Waals surface area contributed by atoms with Crippen molar-refractivity contribution in [1.29, 1.82) is 0 Å². The number of alkyl halides is 3. The van der Waals surface area contributed by atoms with E-state index >= 15 is 0 Å². The van der Waals surface area contributed by atoms with Crippen molar-refractivity contribution in [3.8, 4) is 0 Å². The van der Waals surface area contributed by atoms with Crippen molar-refractivity contribution < 1.29 is 22.7 Å². The molecule has 0 aromatic heterocycles. The van der Waals surface area contributed by atoms with Crippen LogP contribution in [0.5, 0.6) is 0 Å². The first kappa shape index (κ1) is 9.76. The second-order valence-electron chi connectivity index (χ2n) is 3.74. The molecule has 0 spiro atoms. The Hall–Kier alpha value is -0.780. The first-order valence-electron chi connectivity index (χ1n) is 4.35. The Morgan fingerprint density at radius 2 is 2.14 bits per heavy atom. The Balaban J connectivity index is 1.91. The van der Waals surface area contributed by atoms with Gasteiger partial charge in [-0.3, -0.25) is 4.79 Å². The van der Waals surface area contributed by atoms with Gasteiger partial charge in [0.15, 0.2) is 0 Å². The molecule has 0 bridgehead atoms. The SMILES string of the molecule is COC(=O)[C@@H]1C[C@H]2C(C(F)(F)F)[C@H]2N1. The van der Waals surface area contributed by atoms with Crippen LogP contribution < -0.4 is 5.32 Å². The number of esters is 1. The minimum absolute atomic E-state index is 0.238. The van der Waals surface area contributed by atoms with Crippen LogP contribution in [0.25, 0.3) is 0 Å². The number of ether oxygens (including phenoxy) is 1. The van der Waals surface area contributed by atoms with Crippen LogP contribution in [0, 0.1) is 11.8 Å². The number of halogens is 3. The molecule has 1 N–H and O–H groups in total. The Bertz CT molecular complexity index is 254. The average Bonchev–Trinajstić information content (AvgIpc) is 2.63. The Morgan fingerprint density at radius 3 is 2.50 bits per heavy atom. The number of rotatable bonds is 1. The number of nitrogens with one attached hydrogen (secondary N) is 1. The molecule has 0 radical (unpaired) electrons. The molecule has 2 rings (SSSR count). The van der Waals surface area contributed by atoms with Crippen LogP contribution in [-0.4, -0.2) is 31.3 Å². The molecule has 1 saturated heterocycles. The van der Waals surface area contributed by atoms with E-state index in [9.17, 15) is 18.0 Å². The summed E-state index contributed by atoms with van der Waals surface area (Å²) in [5.74, 6) is -2.17. The van der Waals surface area contributed by atoms with E-state index in [1.807, 2.05) is 0 Å². The van der Waals surface area contributed by atoms with Crippen molar-refractivity contribution in [3.63, 3.8) is 0 Å². The van der Waals surface area contributed by atoms with Gasteiger partial charge >= 0.3 is 12.1 Å². The maximum Gasteiger partial charge on any atom is 0.393 e. The fraction of sp³-hybridized carbons (Fsp3) is 0.875. The zero-order chi connectivity index (χ0) is 10.5. The highest BCUT2D eigenvalue weighted by Gasteiger charge is 2.68. The molecular formula is C8H10F3NO2. The van der Waals surface area contributed by atoms with Gasteiger partial charge in [-0.25, -0.2) is 0 Å². The number of carbonyl (C=O) groups excluding carboxylic acids is 1. The highest BCUT2D eigenvalue weighted by atomic mass is 19.4. The molecule has 1 heterocycles. The van der Waals surface area contributed by atoms with Crippen LogP contribution in [0.3, 0.4) is 0 Å². The monoisotopic (exact) mass is 209 g/mol. The highest BCUT2D eigenvalue weighted by Crippen LogP contribution is 2.55. The summed E-state index contributed by atoms with van der Waals surface area (Å²) in [4.78, 5) is 11.0. The lowest BCUT2D eigenvalue weighted by atomic mass is 10.1. The van der Waals surface area contributed by atoms with E-state index in [4.69, 9.17) is 0 Å². The van der Waals surface area contributed by atoms with Gasteiger partial charge in [-0.15, -0.1) is 0 Å². The van der Waals surface area contributed by atoms with Gasteiger partial charge in [0, 0.05) is 6.04 Å². The number of piperidine rings is 1. The topological polar surface area (TPSA) is 38.3 Å². The fourth-order valence-corrected chi connectivity index (χ4v) is 2.22. The lowest BCUT2D eigenvalue weighted by Gasteiger charge is -2.14. The van der Waals surface area contributed by atoms with Gasteiger partial charge in [0.05, 0.1) is 13.0 Å². The van der Waals surface area contributed by atoms with Crippen LogP contribution in [-0.2, 0) is 9.53 Å². The molecule has 80 valence electrons. The molecule has 0 aromatic rings. The van der Waals surface area contributed by atoms with Gasteiger partial charge in [-0.1, -0.05) is 0 Å². The molecule has 1 saturated carbocycles. The van der Waals surface area contributed by atoms with Crippen molar-refractivity contribution in [2.75, 3.05) is 7.11 Å². The van der Waals surface area contributed by atoms with Crippen LogP contribution in [0.4, 0.5) is 13.2 Å². The minimum Gasteiger partial charge on any atom is -0.468 e. The standard InChI is InChI=1S/C8H10F3NO2/c1-14-7(13)4-2-3-5(6(3)12-4)8(9,10)11/h3-6,12H,2H2,1H3/t3-,4-,5?,6-/m0/s1. The van der Waals surface area contributed by atoms with Crippen molar-refractivity contribution >= 4 is 5.97 Å². The van der Waals surface area contributed by atoms with Crippen LogP contribution in [0.15, 0.2) is 0 Å². The summed E-state index contributed by atoms with van der Waals surface area (Å²) in [5.41, 5.74) is 0. The van der Waals surface area contributed by atoms with E-state index in [0.717, 1.165) is 0 Å². The van der Waals surface area contributed by atoms with E-state index < -0.39 is 36.1 Å². The second-order valence-corrected chi connectivity index (χ2v) is 3.74. The van der Waals surface area contributed by atoms with Gasteiger partial charge in [0.25, 0.3) is 0 Å². The van der Waals surface area contributed by atoms with Crippen molar-refractivity contribution in [2.45, 2.75) is 24.7 Å². The number of hydrogen-bond acceptors (Lipinski definition) is 3. The lowest BCUT2D eigenvalue weighted by molar-refractivity contribution is -0.157. The predicted octanol–water partition coefficient (Wildman–Crippen LogP) is 0.698. The quantitative estimate of drug-likeness (QED) is 0.646. The largest absolute Gasteiger partial charge is 0.468 e. The zero-order valence-electron chi connectivity index (χ0n) is 7.47. The van der Waals surface area contributed by atoms with Crippen LogP contribution >= 0.6 is 0 Å². The third-order valence-electron chi connectivity index (χ3n) is 2.93. The molecule has 4 atom stereocenters. The number of hydrogen-bond donors (Lipinski definition) is 1. The van der Waals surface area contributed by atoms with E-state index in [1.54, 1.807) is 0 Å². The predicted molar refractivity (Wildman–Crippen MR) is 40.4 cm³/mol. The first-order chi connectivity index (χ1) is 6.45. The number of carbonyl (C=O) groups is 1. The molecule has 2 fully saturated rings.